The first-order valence-corrected chi connectivity index (χ1v) is 3.67. The number of benzene rings is 1. The van der Waals surface area contributed by atoms with Crippen LogP contribution >= 0.6 is 0 Å². The molecule has 1 aromatic carbocycles. The van der Waals surface area contributed by atoms with Crippen molar-refractivity contribution in [2.24, 2.45) is 0 Å². The lowest BCUT2D eigenvalue weighted by Crippen LogP contribution is -2.04. The van der Waals surface area contributed by atoms with E-state index in [9.17, 15) is 4.79 Å². The third kappa shape index (κ3) is 3.53. The lowest BCUT2D eigenvalue weighted by molar-refractivity contribution is 0.0550. The fourth-order valence-corrected chi connectivity index (χ4v) is 0.792. The van der Waals surface area contributed by atoms with Crippen LogP contribution in [-0.4, -0.2) is 12.6 Å². The zero-order valence-corrected chi connectivity index (χ0v) is 7.40. The molecule has 1 aromatic rings. The van der Waals surface area contributed by atoms with Gasteiger partial charge in [-0.25, -0.2) is 4.79 Å². The Kier molecular flexibility index (Phi) is 5.23. The van der Waals surface area contributed by atoms with Crippen molar-refractivity contribution in [1.29, 1.82) is 0 Å². The summed E-state index contributed by atoms with van der Waals surface area (Å²) in [4.78, 5) is 11.1. The van der Waals surface area contributed by atoms with E-state index in [4.69, 9.17) is 4.74 Å². The zero-order chi connectivity index (χ0) is 8.81. The molecule has 0 saturated heterocycles. The molecule has 0 radical (unpaired) electrons. The van der Waals surface area contributed by atoms with Gasteiger partial charge in [-0.15, -0.1) is 0 Å². The molecule has 70 valence electrons. The minimum atomic E-state index is -0.310. The average molecular weight is 179 g/mol. The van der Waals surface area contributed by atoms with Gasteiger partial charge in [-0.1, -0.05) is 30.9 Å². The van der Waals surface area contributed by atoms with E-state index in [1.54, 1.807) is 30.3 Å². The van der Waals surface area contributed by atoms with Gasteiger partial charge in [-0.3, -0.25) is 0 Å². The summed E-state index contributed by atoms with van der Waals surface area (Å²) in [6, 6.07) is 8.87. The van der Waals surface area contributed by atoms with E-state index in [0.29, 0.717) is 5.56 Å². The minimum Gasteiger partial charge on any atom is -0.458 e. The first kappa shape index (κ1) is 11.4. The molecule has 0 spiro atoms. The highest BCUT2D eigenvalue weighted by molar-refractivity contribution is 5.89. The molecule has 0 atom stereocenters. The van der Waals surface area contributed by atoms with Crippen LogP contribution in [0.3, 0.4) is 0 Å². The Labute approximate surface area is 77.6 Å². The van der Waals surface area contributed by atoms with E-state index in [2.05, 4.69) is 6.58 Å². The Morgan fingerprint density at radius 3 is 2.54 bits per heavy atom. The molecule has 0 fully saturated rings. The molecule has 0 heterocycles. The van der Waals surface area contributed by atoms with Gasteiger partial charge >= 0.3 is 5.97 Å². The van der Waals surface area contributed by atoms with E-state index >= 15 is 0 Å². The van der Waals surface area contributed by atoms with Gasteiger partial charge in [0.25, 0.3) is 0 Å². The third-order valence-electron chi connectivity index (χ3n) is 1.34. The van der Waals surface area contributed by atoms with Crippen molar-refractivity contribution in [3.8, 4) is 0 Å². The summed E-state index contributed by atoms with van der Waals surface area (Å²) in [7, 11) is 0. The van der Waals surface area contributed by atoms with Gasteiger partial charge in [0.15, 0.2) is 0 Å². The van der Waals surface area contributed by atoms with E-state index in [1.165, 1.54) is 0 Å². The molecule has 1 rings (SSSR count). The largest absolute Gasteiger partial charge is 0.458 e. The normalized spacial score (nSPS) is 8.31. The molecule has 0 unspecified atom stereocenters. The van der Waals surface area contributed by atoms with Crippen LogP contribution in [0.2, 0.25) is 0 Å². The highest BCUT2D eigenvalue weighted by Crippen LogP contribution is 2.00. The van der Waals surface area contributed by atoms with Gasteiger partial charge in [0.05, 0.1) is 5.56 Å². The standard InChI is InChI=1S/C10H10O2.H3N/c1-2-8-12-10(11)9-6-4-3-5-7-9;/h2-7H,1,8H2;1H3. The molecule has 3 heteroatoms. The van der Waals surface area contributed by atoms with Crippen LogP contribution in [0.25, 0.3) is 0 Å². The van der Waals surface area contributed by atoms with Gasteiger partial charge in [0.1, 0.15) is 6.61 Å². The van der Waals surface area contributed by atoms with Gasteiger partial charge in [-0.05, 0) is 12.1 Å². The summed E-state index contributed by atoms with van der Waals surface area (Å²) < 4.78 is 4.82. The number of rotatable bonds is 3. The maximum absolute atomic E-state index is 11.1. The predicted molar refractivity (Wildman–Crippen MR) is 51.9 cm³/mol. The molecular weight excluding hydrogens is 166 g/mol. The van der Waals surface area contributed by atoms with E-state index in [1.807, 2.05) is 6.07 Å². The number of hydrogen-bond acceptors (Lipinski definition) is 3. The van der Waals surface area contributed by atoms with Crippen molar-refractivity contribution in [3.63, 3.8) is 0 Å². The van der Waals surface area contributed by atoms with Crippen LogP contribution in [0.5, 0.6) is 0 Å². The van der Waals surface area contributed by atoms with Crippen LogP contribution < -0.4 is 6.15 Å². The summed E-state index contributed by atoms with van der Waals surface area (Å²) >= 11 is 0. The Balaban J connectivity index is 0.00000144. The lowest BCUT2D eigenvalue weighted by atomic mass is 10.2. The summed E-state index contributed by atoms with van der Waals surface area (Å²) in [5.74, 6) is -0.310. The second kappa shape index (κ2) is 5.97. The molecular formula is C10H13NO2. The maximum Gasteiger partial charge on any atom is 0.338 e. The smallest absolute Gasteiger partial charge is 0.338 e. The molecule has 3 nitrogen and oxygen atoms in total. The van der Waals surface area contributed by atoms with Crippen molar-refractivity contribution >= 4 is 5.97 Å². The predicted octanol–water partition coefficient (Wildman–Crippen LogP) is 2.19. The molecule has 0 saturated carbocycles. The molecule has 0 aromatic heterocycles. The van der Waals surface area contributed by atoms with Crippen LogP contribution in [0, 0.1) is 0 Å². The van der Waals surface area contributed by atoms with Gasteiger partial charge in [0.2, 0.25) is 0 Å². The van der Waals surface area contributed by atoms with Crippen LogP contribution in [0.4, 0.5) is 0 Å². The summed E-state index contributed by atoms with van der Waals surface area (Å²) in [6.07, 6.45) is 1.54. The Morgan fingerprint density at radius 2 is 2.00 bits per heavy atom. The number of esters is 1. The van der Waals surface area contributed by atoms with Gasteiger partial charge in [0, 0.05) is 0 Å². The van der Waals surface area contributed by atoms with E-state index in [-0.39, 0.29) is 18.7 Å². The quantitative estimate of drug-likeness (QED) is 0.571. The first-order chi connectivity index (χ1) is 5.84. The average Bonchev–Trinajstić information content (AvgIpc) is 2.15. The molecule has 0 aliphatic rings. The third-order valence-corrected chi connectivity index (χ3v) is 1.34. The first-order valence-electron chi connectivity index (χ1n) is 3.67. The topological polar surface area (TPSA) is 61.3 Å². The van der Waals surface area contributed by atoms with E-state index in [0.717, 1.165) is 0 Å². The summed E-state index contributed by atoms with van der Waals surface area (Å²) in [5.41, 5.74) is 0.569. The molecule has 0 amide bonds. The highest BCUT2D eigenvalue weighted by Gasteiger charge is 2.02. The van der Waals surface area contributed by atoms with Crippen LogP contribution in [-0.2, 0) is 4.74 Å². The molecule has 0 bridgehead atoms. The fraction of sp³-hybridized carbons (Fsp3) is 0.100. The molecule has 3 N–H and O–H groups in total. The summed E-state index contributed by atoms with van der Waals surface area (Å²) in [5, 5.41) is 0. The number of ether oxygens (including phenoxy) is 1. The van der Waals surface area contributed by atoms with E-state index < -0.39 is 0 Å². The van der Waals surface area contributed by atoms with Gasteiger partial charge < -0.3 is 10.9 Å². The number of carbonyl (C=O) groups excluding carboxylic acids is 1. The number of carbonyl (C=O) groups is 1. The lowest BCUT2D eigenvalue weighted by Gasteiger charge is -1.99. The minimum absolute atomic E-state index is 0. The van der Waals surface area contributed by atoms with Crippen molar-refractivity contribution < 1.29 is 9.53 Å². The monoisotopic (exact) mass is 179 g/mol. The maximum atomic E-state index is 11.1. The molecule has 0 aliphatic heterocycles. The second-order valence-corrected chi connectivity index (χ2v) is 2.25. The Morgan fingerprint density at radius 1 is 1.38 bits per heavy atom. The SMILES string of the molecule is C=CCOC(=O)c1ccccc1.N. The summed E-state index contributed by atoms with van der Waals surface area (Å²) in [6.45, 7) is 3.71. The van der Waals surface area contributed by atoms with Crippen molar-refractivity contribution in [2.75, 3.05) is 6.61 Å². The van der Waals surface area contributed by atoms with Crippen molar-refractivity contribution in [2.45, 2.75) is 0 Å². The Hall–Kier alpha value is -1.61. The van der Waals surface area contributed by atoms with Crippen molar-refractivity contribution in [3.05, 3.63) is 48.6 Å². The molecule has 0 aliphatic carbocycles. The van der Waals surface area contributed by atoms with Gasteiger partial charge in [-0.2, -0.15) is 0 Å². The van der Waals surface area contributed by atoms with Crippen LogP contribution in [0.15, 0.2) is 43.0 Å². The zero-order valence-electron chi connectivity index (χ0n) is 7.40. The fourth-order valence-electron chi connectivity index (χ4n) is 0.792. The number of hydrogen-bond donors (Lipinski definition) is 1. The second-order valence-electron chi connectivity index (χ2n) is 2.25. The molecule has 13 heavy (non-hydrogen) atoms. The van der Waals surface area contributed by atoms with Crippen LogP contribution in [0.1, 0.15) is 10.4 Å². The Bertz CT molecular complexity index is 270. The van der Waals surface area contributed by atoms with Crippen molar-refractivity contribution in [1.82, 2.24) is 6.15 Å². The highest BCUT2D eigenvalue weighted by atomic mass is 16.5.